The molecule has 0 bridgehead atoms. The average Bonchev–Trinajstić information content (AvgIpc) is 2.94. The maximum Gasteiger partial charge on any atom is 0.312 e. The number of para-hydroxylation sites is 1. The van der Waals surface area contributed by atoms with Crippen LogP contribution in [0.4, 0.5) is 11.4 Å². The lowest BCUT2D eigenvalue weighted by Gasteiger charge is -2.29. The molecule has 1 N–H and O–H groups in total. The molecule has 1 fully saturated rings. The molecule has 5 rings (SSSR count). The van der Waals surface area contributed by atoms with Crippen molar-refractivity contribution in [1.29, 1.82) is 0 Å². The van der Waals surface area contributed by atoms with Gasteiger partial charge in [0.15, 0.2) is 5.11 Å². The van der Waals surface area contributed by atoms with Crippen LogP contribution in [0.3, 0.4) is 0 Å². The van der Waals surface area contributed by atoms with Gasteiger partial charge in [-0.3, -0.25) is 29.9 Å². The van der Waals surface area contributed by atoms with Crippen LogP contribution in [0.2, 0.25) is 5.02 Å². The maximum absolute atomic E-state index is 13.4. The van der Waals surface area contributed by atoms with E-state index in [0.29, 0.717) is 28.0 Å². The molecule has 0 aliphatic carbocycles. The van der Waals surface area contributed by atoms with E-state index in [9.17, 15) is 19.7 Å². The average molecular weight is 572 g/mol. The van der Waals surface area contributed by atoms with Crippen molar-refractivity contribution in [2.24, 2.45) is 0 Å². The van der Waals surface area contributed by atoms with Gasteiger partial charge in [0.05, 0.1) is 10.6 Å². The number of nitrogens with zero attached hydrogens (tertiary/aromatic N) is 2. The first-order chi connectivity index (χ1) is 19.3. The number of nitro benzene ring substituents is 1. The molecular weight excluding hydrogens is 554 g/mol. The Labute approximate surface area is 238 Å². The number of amides is 2. The molecule has 198 valence electrons. The molecule has 0 atom stereocenters. The Balaban J connectivity index is 1.40. The van der Waals surface area contributed by atoms with Gasteiger partial charge in [-0.05, 0) is 90.6 Å². The molecule has 0 radical (unpaired) electrons. The smallest absolute Gasteiger partial charge is 0.312 e. The SMILES string of the molecule is O=C1NC(=S)N(c2ccc(Oc3ccccc3)cc2)C(=O)C1=Cc1ccc(Oc2ccc(Cl)cc2)c([N+](=O)[O-])c1. The van der Waals surface area contributed by atoms with Gasteiger partial charge in [0, 0.05) is 11.1 Å². The van der Waals surface area contributed by atoms with Gasteiger partial charge in [-0.1, -0.05) is 35.9 Å². The van der Waals surface area contributed by atoms with E-state index in [1.165, 1.54) is 29.2 Å². The van der Waals surface area contributed by atoms with Crippen molar-refractivity contribution < 1.29 is 24.0 Å². The number of hydrogen-bond acceptors (Lipinski definition) is 7. The number of hydrogen-bond donors (Lipinski definition) is 1. The Morgan fingerprint density at radius 1 is 0.850 bits per heavy atom. The van der Waals surface area contributed by atoms with Crippen LogP contribution in [0.15, 0.2) is 103 Å². The third-order valence-electron chi connectivity index (χ3n) is 5.71. The molecular formula is C29H18ClN3O6S. The minimum atomic E-state index is -0.723. The minimum Gasteiger partial charge on any atom is -0.457 e. The van der Waals surface area contributed by atoms with Crippen LogP contribution in [0.25, 0.3) is 6.08 Å². The highest BCUT2D eigenvalue weighted by Gasteiger charge is 2.34. The second-order valence-corrected chi connectivity index (χ2v) is 9.23. The molecule has 0 unspecified atom stereocenters. The topological polar surface area (TPSA) is 111 Å². The summed E-state index contributed by atoms with van der Waals surface area (Å²) in [6, 6.07) is 26.2. The van der Waals surface area contributed by atoms with Crippen molar-refractivity contribution in [1.82, 2.24) is 5.32 Å². The maximum atomic E-state index is 13.4. The molecule has 4 aromatic carbocycles. The fourth-order valence-corrected chi connectivity index (χ4v) is 4.24. The molecule has 0 saturated carbocycles. The molecule has 1 aliphatic heterocycles. The van der Waals surface area contributed by atoms with E-state index in [4.69, 9.17) is 33.3 Å². The van der Waals surface area contributed by atoms with Crippen LogP contribution in [0.5, 0.6) is 23.0 Å². The molecule has 1 aliphatic rings. The van der Waals surface area contributed by atoms with Crippen LogP contribution in [0, 0.1) is 10.1 Å². The summed E-state index contributed by atoms with van der Waals surface area (Å²) in [5, 5.41) is 14.7. The van der Waals surface area contributed by atoms with E-state index in [1.54, 1.807) is 48.5 Å². The summed E-state index contributed by atoms with van der Waals surface area (Å²) in [5.74, 6) is 0.114. The fraction of sp³-hybridized carbons (Fsp3) is 0. The van der Waals surface area contributed by atoms with Crippen molar-refractivity contribution in [3.63, 3.8) is 0 Å². The van der Waals surface area contributed by atoms with E-state index in [0.717, 1.165) is 0 Å². The second kappa shape index (κ2) is 11.4. The van der Waals surface area contributed by atoms with Crippen molar-refractivity contribution in [2.45, 2.75) is 0 Å². The third-order valence-corrected chi connectivity index (χ3v) is 6.24. The van der Waals surface area contributed by atoms with Crippen molar-refractivity contribution in [3.8, 4) is 23.0 Å². The van der Waals surface area contributed by atoms with Gasteiger partial charge in [0.1, 0.15) is 22.8 Å². The van der Waals surface area contributed by atoms with Crippen LogP contribution in [-0.2, 0) is 9.59 Å². The minimum absolute atomic E-state index is 0.0190. The Bertz CT molecular complexity index is 1660. The highest BCUT2D eigenvalue weighted by Crippen LogP contribution is 2.34. The molecule has 1 saturated heterocycles. The Kier molecular flexibility index (Phi) is 7.54. The van der Waals surface area contributed by atoms with Crippen molar-refractivity contribution >= 4 is 58.2 Å². The predicted octanol–water partition coefficient (Wildman–Crippen LogP) is 6.66. The monoisotopic (exact) mass is 571 g/mol. The number of thiocarbonyl (C=S) groups is 1. The lowest BCUT2D eigenvalue weighted by atomic mass is 10.1. The van der Waals surface area contributed by atoms with E-state index in [1.807, 2.05) is 30.3 Å². The molecule has 0 aromatic heterocycles. The summed E-state index contributed by atoms with van der Waals surface area (Å²) >= 11 is 11.1. The van der Waals surface area contributed by atoms with Crippen molar-refractivity contribution in [3.05, 3.63) is 123 Å². The Hall–Kier alpha value is -5.06. The summed E-state index contributed by atoms with van der Waals surface area (Å²) in [6.45, 7) is 0. The summed E-state index contributed by atoms with van der Waals surface area (Å²) in [5.41, 5.74) is 0.0419. The third kappa shape index (κ3) is 5.83. The number of carbonyl (C=O) groups excluding carboxylic acids is 2. The quantitative estimate of drug-likeness (QED) is 0.0867. The number of nitrogens with one attached hydrogen (secondary N) is 1. The van der Waals surface area contributed by atoms with Gasteiger partial charge < -0.3 is 9.47 Å². The number of carbonyl (C=O) groups is 2. The van der Waals surface area contributed by atoms with Crippen molar-refractivity contribution in [2.75, 3.05) is 4.90 Å². The van der Waals surface area contributed by atoms with Gasteiger partial charge in [-0.15, -0.1) is 0 Å². The number of nitro groups is 1. The second-order valence-electron chi connectivity index (χ2n) is 8.41. The fourth-order valence-electron chi connectivity index (χ4n) is 3.83. The Morgan fingerprint density at radius 3 is 2.15 bits per heavy atom. The summed E-state index contributed by atoms with van der Waals surface area (Å²) in [4.78, 5) is 38.4. The lowest BCUT2D eigenvalue weighted by Crippen LogP contribution is -2.54. The standard InChI is InChI=1S/C29H18ClN3O6S/c30-19-7-11-23(12-8-19)39-26-15-6-18(17-25(26)33(36)37)16-24-27(34)31-29(40)32(28(24)35)20-9-13-22(14-10-20)38-21-4-2-1-3-5-21/h1-17H,(H,31,34,40). The molecule has 2 amide bonds. The largest absolute Gasteiger partial charge is 0.457 e. The first-order valence-electron chi connectivity index (χ1n) is 11.7. The number of benzene rings is 4. The molecule has 1 heterocycles. The van der Waals surface area contributed by atoms with E-state index < -0.39 is 16.7 Å². The zero-order valence-electron chi connectivity index (χ0n) is 20.4. The van der Waals surface area contributed by atoms with E-state index >= 15 is 0 Å². The molecule has 4 aromatic rings. The highest BCUT2D eigenvalue weighted by molar-refractivity contribution is 7.80. The zero-order chi connectivity index (χ0) is 28.2. The van der Waals surface area contributed by atoms with Crippen LogP contribution in [-0.4, -0.2) is 21.9 Å². The van der Waals surface area contributed by atoms with Crippen LogP contribution < -0.4 is 19.7 Å². The number of halogens is 1. The summed E-state index contributed by atoms with van der Waals surface area (Å²) in [6.07, 6.45) is 1.26. The summed E-state index contributed by atoms with van der Waals surface area (Å²) < 4.78 is 11.4. The van der Waals surface area contributed by atoms with Crippen LogP contribution >= 0.6 is 23.8 Å². The predicted molar refractivity (Wildman–Crippen MR) is 154 cm³/mol. The van der Waals surface area contributed by atoms with E-state index in [2.05, 4.69) is 5.32 Å². The van der Waals surface area contributed by atoms with Gasteiger partial charge in [-0.25, -0.2) is 0 Å². The number of rotatable bonds is 7. The van der Waals surface area contributed by atoms with Gasteiger partial charge in [-0.2, -0.15) is 0 Å². The first-order valence-corrected chi connectivity index (χ1v) is 12.5. The van der Waals surface area contributed by atoms with Gasteiger partial charge in [0.2, 0.25) is 5.75 Å². The normalized spacial score (nSPS) is 14.2. The first kappa shape index (κ1) is 26.5. The lowest BCUT2D eigenvalue weighted by molar-refractivity contribution is -0.385. The molecule has 11 heteroatoms. The van der Waals surface area contributed by atoms with Gasteiger partial charge in [0.25, 0.3) is 11.8 Å². The number of anilines is 1. The van der Waals surface area contributed by atoms with E-state index in [-0.39, 0.29) is 27.7 Å². The molecule has 0 spiro atoms. The number of ether oxygens (including phenoxy) is 2. The zero-order valence-corrected chi connectivity index (χ0v) is 22.0. The molecule has 9 nitrogen and oxygen atoms in total. The highest BCUT2D eigenvalue weighted by atomic mass is 35.5. The van der Waals surface area contributed by atoms with Crippen LogP contribution in [0.1, 0.15) is 5.56 Å². The van der Waals surface area contributed by atoms with Gasteiger partial charge >= 0.3 is 5.69 Å². The molecule has 40 heavy (non-hydrogen) atoms. The Morgan fingerprint density at radius 2 is 1.48 bits per heavy atom. The summed E-state index contributed by atoms with van der Waals surface area (Å²) in [7, 11) is 0.